The van der Waals surface area contributed by atoms with Crippen molar-refractivity contribution in [1.82, 2.24) is 9.03 Å². The molecule has 2 aromatic rings. The molecule has 1 aromatic heterocycles. The Morgan fingerprint density at radius 1 is 1.52 bits per heavy atom. The Balaban J connectivity index is 1.70. The van der Waals surface area contributed by atoms with Crippen LogP contribution in [0.15, 0.2) is 41.0 Å². The zero-order valence-electron chi connectivity index (χ0n) is 12.3. The number of furan rings is 1. The first-order chi connectivity index (χ1) is 11.0. The number of nitrogens with one attached hydrogen (secondary N) is 2. The molecular formula is C15H15ClFN3O2S. The van der Waals surface area contributed by atoms with Gasteiger partial charge in [-0.15, -0.1) is 0 Å². The predicted octanol–water partition coefficient (Wildman–Crippen LogP) is 3.61. The smallest absolute Gasteiger partial charge is 0.242 e. The molecule has 0 spiro atoms. The Morgan fingerprint density at radius 3 is 3.04 bits per heavy atom. The largest absolute Gasteiger partial charge is 0.468 e. The summed E-state index contributed by atoms with van der Waals surface area (Å²) >= 11 is 7.09. The number of hydrogen-bond donors (Lipinski definition) is 2. The van der Waals surface area contributed by atoms with E-state index in [1.807, 2.05) is 23.5 Å². The Hall–Kier alpha value is -1.54. The van der Waals surface area contributed by atoms with Crippen LogP contribution >= 0.6 is 23.7 Å². The average molecular weight is 356 g/mol. The second-order valence-corrected chi connectivity index (χ2v) is 6.59. The molecule has 1 saturated heterocycles. The third-order valence-corrected chi connectivity index (χ3v) is 4.84. The van der Waals surface area contributed by atoms with E-state index in [0.717, 1.165) is 5.76 Å². The fourth-order valence-electron chi connectivity index (χ4n) is 2.37. The number of halogens is 2. The minimum atomic E-state index is -0.517. The fraction of sp³-hybridized carbons (Fsp3) is 0.267. The maximum Gasteiger partial charge on any atom is 0.242 e. The molecule has 8 heteroatoms. The molecule has 1 aromatic carbocycles. The van der Waals surface area contributed by atoms with E-state index in [-0.39, 0.29) is 23.0 Å². The van der Waals surface area contributed by atoms with Crippen LogP contribution < -0.4 is 10.0 Å². The molecule has 0 radical (unpaired) electrons. The van der Waals surface area contributed by atoms with Gasteiger partial charge in [0, 0.05) is 17.8 Å². The molecule has 1 amide bonds. The van der Waals surface area contributed by atoms with Gasteiger partial charge in [0.1, 0.15) is 17.6 Å². The lowest BCUT2D eigenvalue weighted by Crippen LogP contribution is -2.45. The second-order valence-electron chi connectivity index (χ2n) is 5.19. The van der Waals surface area contributed by atoms with E-state index in [9.17, 15) is 9.18 Å². The summed E-state index contributed by atoms with van der Waals surface area (Å²) in [4.78, 5) is 12.5. The average Bonchev–Trinajstić information content (AvgIpc) is 3.06. The molecule has 2 atom stereocenters. The molecular weight excluding hydrogens is 341 g/mol. The minimum absolute atomic E-state index is 0.0238. The Morgan fingerprint density at radius 2 is 2.35 bits per heavy atom. The highest BCUT2D eigenvalue weighted by atomic mass is 35.5. The minimum Gasteiger partial charge on any atom is -0.468 e. The van der Waals surface area contributed by atoms with Crippen molar-refractivity contribution < 1.29 is 13.6 Å². The lowest BCUT2D eigenvalue weighted by molar-refractivity contribution is -0.119. The number of likely N-dealkylation sites (N-methyl/N-ethyl adjacent to an activating group) is 1. The number of rotatable bonds is 3. The molecule has 1 aliphatic rings. The van der Waals surface area contributed by atoms with Crippen LogP contribution in [0, 0.1) is 5.82 Å². The Bertz CT molecular complexity index is 698. The van der Waals surface area contributed by atoms with Crippen molar-refractivity contribution in [3.05, 3.63) is 53.2 Å². The first-order valence-electron chi connectivity index (χ1n) is 6.99. The van der Waals surface area contributed by atoms with Crippen LogP contribution in [0.25, 0.3) is 0 Å². The summed E-state index contributed by atoms with van der Waals surface area (Å²) in [5, 5.41) is 2.75. The number of amides is 1. The highest BCUT2D eigenvalue weighted by molar-refractivity contribution is 7.95. The van der Waals surface area contributed by atoms with E-state index in [1.54, 1.807) is 6.26 Å². The molecule has 5 nitrogen and oxygen atoms in total. The maximum atomic E-state index is 13.2. The van der Waals surface area contributed by atoms with Gasteiger partial charge in [0.2, 0.25) is 5.91 Å². The first-order valence-corrected chi connectivity index (χ1v) is 8.14. The van der Waals surface area contributed by atoms with E-state index >= 15 is 0 Å². The summed E-state index contributed by atoms with van der Waals surface area (Å²) in [6.45, 7) is 0. The molecule has 3 rings (SSSR count). The SMILES string of the molecule is CN1SNC(c2ccco2)CC1C(=O)Nc1ccc(F)c(Cl)c1. The van der Waals surface area contributed by atoms with E-state index < -0.39 is 5.82 Å². The third kappa shape index (κ3) is 3.69. The first kappa shape index (κ1) is 16.3. The van der Waals surface area contributed by atoms with Gasteiger partial charge in [-0.1, -0.05) is 11.6 Å². The van der Waals surface area contributed by atoms with Crippen LogP contribution in [0.3, 0.4) is 0 Å². The van der Waals surface area contributed by atoms with Gasteiger partial charge in [0.05, 0.1) is 17.3 Å². The zero-order chi connectivity index (χ0) is 16.4. The highest BCUT2D eigenvalue weighted by Gasteiger charge is 2.33. The molecule has 0 saturated carbocycles. The van der Waals surface area contributed by atoms with E-state index in [2.05, 4.69) is 10.0 Å². The summed E-state index contributed by atoms with van der Waals surface area (Å²) < 4.78 is 23.7. The van der Waals surface area contributed by atoms with E-state index in [1.165, 1.54) is 30.3 Å². The van der Waals surface area contributed by atoms with Crippen LogP contribution in [0.4, 0.5) is 10.1 Å². The molecule has 2 unspecified atom stereocenters. The third-order valence-electron chi connectivity index (χ3n) is 3.61. The molecule has 1 aliphatic heterocycles. The summed E-state index contributed by atoms with van der Waals surface area (Å²) in [5.74, 6) is 0.0889. The number of nitrogens with zero attached hydrogens (tertiary/aromatic N) is 1. The molecule has 0 bridgehead atoms. The summed E-state index contributed by atoms with van der Waals surface area (Å²) in [7, 11) is 1.83. The van der Waals surface area contributed by atoms with E-state index in [0.29, 0.717) is 12.1 Å². The van der Waals surface area contributed by atoms with Crippen LogP contribution in [0.1, 0.15) is 18.2 Å². The van der Waals surface area contributed by atoms with Gasteiger partial charge in [-0.2, -0.15) is 0 Å². The standard InChI is InChI=1S/C15H15ClFN3O2S/c1-20-13(8-12(19-23-20)14-3-2-6-22-14)15(21)18-9-4-5-11(17)10(16)7-9/h2-7,12-13,19H,8H2,1H3,(H,18,21). The van der Waals surface area contributed by atoms with Crippen LogP contribution in [0.5, 0.6) is 0 Å². The van der Waals surface area contributed by atoms with Crippen molar-refractivity contribution in [2.75, 3.05) is 12.4 Å². The second kappa shape index (κ2) is 6.92. The van der Waals surface area contributed by atoms with Crippen molar-refractivity contribution in [3.63, 3.8) is 0 Å². The summed E-state index contributed by atoms with van der Waals surface area (Å²) in [6.07, 6.45) is 2.16. The van der Waals surface area contributed by atoms with Gasteiger partial charge < -0.3 is 9.73 Å². The number of benzene rings is 1. The van der Waals surface area contributed by atoms with Gasteiger partial charge >= 0.3 is 0 Å². The van der Waals surface area contributed by atoms with Gasteiger partial charge in [-0.05, 0) is 43.8 Å². The van der Waals surface area contributed by atoms with Gasteiger partial charge in [0.15, 0.2) is 0 Å². The summed E-state index contributed by atoms with van der Waals surface area (Å²) in [6, 6.07) is 7.38. The lowest BCUT2D eigenvalue weighted by Gasteiger charge is -2.34. The molecule has 1 fully saturated rings. The van der Waals surface area contributed by atoms with Crippen LogP contribution in [-0.4, -0.2) is 23.3 Å². The number of anilines is 1. The Kier molecular flexibility index (Phi) is 4.91. The molecule has 0 aliphatic carbocycles. The van der Waals surface area contributed by atoms with Crippen molar-refractivity contribution in [1.29, 1.82) is 0 Å². The lowest BCUT2D eigenvalue weighted by atomic mass is 10.0. The van der Waals surface area contributed by atoms with Crippen molar-refractivity contribution in [2.24, 2.45) is 0 Å². The number of carbonyl (C=O) groups excluding carboxylic acids is 1. The van der Waals surface area contributed by atoms with Gasteiger partial charge in [-0.25, -0.2) is 13.4 Å². The molecule has 122 valence electrons. The maximum absolute atomic E-state index is 13.2. The topological polar surface area (TPSA) is 57.5 Å². The zero-order valence-corrected chi connectivity index (χ0v) is 13.8. The van der Waals surface area contributed by atoms with Gasteiger partial charge in [0.25, 0.3) is 0 Å². The van der Waals surface area contributed by atoms with Crippen LogP contribution in [0.2, 0.25) is 5.02 Å². The molecule has 2 N–H and O–H groups in total. The van der Waals surface area contributed by atoms with Crippen molar-refractivity contribution in [2.45, 2.75) is 18.5 Å². The van der Waals surface area contributed by atoms with Crippen molar-refractivity contribution in [3.8, 4) is 0 Å². The predicted molar refractivity (Wildman–Crippen MR) is 88.4 cm³/mol. The monoisotopic (exact) mass is 355 g/mol. The normalized spacial score (nSPS) is 22.0. The quantitative estimate of drug-likeness (QED) is 0.824. The highest BCUT2D eigenvalue weighted by Crippen LogP contribution is 2.31. The van der Waals surface area contributed by atoms with E-state index in [4.69, 9.17) is 16.0 Å². The fourth-order valence-corrected chi connectivity index (χ4v) is 3.36. The molecule has 23 heavy (non-hydrogen) atoms. The van der Waals surface area contributed by atoms with Crippen LogP contribution in [-0.2, 0) is 4.79 Å². The number of carbonyl (C=O) groups is 1. The number of hydrogen-bond acceptors (Lipinski definition) is 5. The van der Waals surface area contributed by atoms with Crippen molar-refractivity contribution >= 4 is 35.3 Å². The van der Waals surface area contributed by atoms with Gasteiger partial charge in [-0.3, -0.25) is 4.79 Å². The molecule has 2 heterocycles. The summed E-state index contributed by atoms with van der Waals surface area (Å²) in [5.41, 5.74) is 0.466. The Labute approximate surface area is 142 Å².